The van der Waals surface area contributed by atoms with E-state index in [0.717, 1.165) is 10.9 Å². The largest absolute Gasteiger partial charge is 0.369 e. The highest BCUT2D eigenvalue weighted by atomic mass is 32.2. The van der Waals surface area contributed by atoms with Crippen molar-refractivity contribution >= 4 is 28.3 Å². The highest BCUT2D eigenvalue weighted by Gasteiger charge is 1.99. The summed E-state index contributed by atoms with van der Waals surface area (Å²) in [5.41, 5.74) is 0. The second-order valence-electron chi connectivity index (χ2n) is 2.31. The highest BCUT2D eigenvalue weighted by Crippen LogP contribution is 1.94. The zero-order valence-electron chi connectivity index (χ0n) is 8.33. The van der Waals surface area contributed by atoms with Gasteiger partial charge in [-0.2, -0.15) is 0 Å². The maximum atomic E-state index is 5.32. The Labute approximate surface area is 89.6 Å². The van der Waals surface area contributed by atoms with Gasteiger partial charge in [-0.05, 0) is 20.1 Å². The third kappa shape index (κ3) is 8.49. The molecule has 0 bridgehead atoms. The van der Waals surface area contributed by atoms with Crippen molar-refractivity contribution in [1.82, 2.24) is 5.32 Å². The fourth-order valence-electron chi connectivity index (χ4n) is 0.733. The van der Waals surface area contributed by atoms with Gasteiger partial charge >= 0.3 is 0 Å². The van der Waals surface area contributed by atoms with Crippen molar-refractivity contribution in [2.75, 3.05) is 26.0 Å². The number of ether oxygens (including phenoxy) is 2. The molecular weight excluding hydrogens is 206 g/mol. The molecule has 1 unspecified atom stereocenters. The van der Waals surface area contributed by atoms with Crippen LogP contribution in [-0.2, 0) is 9.47 Å². The maximum Gasteiger partial charge on any atom is 0.154 e. The van der Waals surface area contributed by atoms with Gasteiger partial charge in [0.25, 0.3) is 0 Å². The molecule has 0 aliphatic rings. The van der Waals surface area contributed by atoms with Crippen LogP contribution in [0.4, 0.5) is 0 Å². The Kier molecular flexibility index (Phi) is 8.85. The van der Waals surface area contributed by atoms with Crippen LogP contribution in [0, 0.1) is 0 Å². The number of hydrogen-bond donors (Lipinski definition) is 1. The molecule has 1 atom stereocenters. The molecule has 0 fully saturated rings. The quantitative estimate of drug-likeness (QED) is 0.420. The van der Waals surface area contributed by atoms with Crippen LogP contribution in [0.25, 0.3) is 0 Å². The number of thioether (sulfide) groups is 1. The van der Waals surface area contributed by atoms with E-state index in [4.69, 9.17) is 21.7 Å². The minimum atomic E-state index is -0.130. The average Bonchev–Trinajstić information content (AvgIpc) is 2.12. The van der Waals surface area contributed by atoms with E-state index in [-0.39, 0.29) is 6.29 Å². The minimum absolute atomic E-state index is 0.130. The van der Waals surface area contributed by atoms with Gasteiger partial charge in [-0.1, -0.05) is 12.2 Å². The van der Waals surface area contributed by atoms with Crippen LogP contribution in [0.3, 0.4) is 0 Å². The van der Waals surface area contributed by atoms with Gasteiger partial charge in [0.15, 0.2) is 6.29 Å². The molecule has 0 amide bonds. The Morgan fingerprint density at radius 1 is 1.54 bits per heavy atom. The van der Waals surface area contributed by atoms with E-state index in [9.17, 15) is 0 Å². The summed E-state index contributed by atoms with van der Waals surface area (Å²) in [6.45, 7) is 5.86. The van der Waals surface area contributed by atoms with Crippen LogP contribution in [0.2, 0.25) is 0 Å². The molecule has 0 rings (SSSR count). The molecule has 0 radical (unpaired) electrons. The molecule has 0 spiro atoms. The highest BCUT2D eigenvalue weighted by molar-refractivity contribution is 8.22. The third-order valence-electron chi connectivity index (χ3n) is 1.31. The first kappa shape index (κ1) is 13.2. The van der Waals surface area contributed by atoms with Crippen molar-refractivity contribution in [3.63, 3.8) is 0 Å². The van der Waals surface area contributed by atoms with Gasteiger partial charge < -0.3 is 14.8 Å². The minimum Gasteiger partial charge on any atom is -0.369 e. The molecule has 13 heavy (non-hydrogen) atoms. The second-order valence-corrected chi connectivity index (χ2v) is 3.80. The van der Waals surface area contributed by atoms with Gasteiger partial charge in [-0.15, -0.1) is 11.8 Å². The van der Waals surface area contributed by atoms with Crippen molar-refractivity contribution in [2.45, 2.75) is 20.1 Å². The first-order chi connectivity index (χ1) is 6.20. The summed E-state index contributed by atoms with van der Waals surface area (Å²) in [4.78, 5) is 0. The van der Waals surface area contributed by atoms with Crippen LogP contribution in [0.5, 0.6) is 0 Å². The molecule has 0 aromatic carbocycles. The van der Waals surface area contributed by atoms with Gasteiger partial charge in [0.2, 0.25) is 0 Å². The smallest absolute Gasteiger partial charge is 0.154 e. The molecule has 0 aliphatic carbocycles. The lowest BCUT2D eigenvalue weighted by Crippen LogP contribution is -2.25. The fourth-order valence-corrected chi connectivity index (χ4v) is 1.08. The molecule has 0 saturated heterocycles. The summed E-state index contributed by atoms with van der Waals surface area (Å²) < 4.78 is 11.3. The van der Waals surface area contributed by atoms with Crippen molar-refractivity contribution in [3.8, 4) is 0 Å². The first-order valence-corrected chi connectivity index (χ1v) is 5.89. The van der Waals surface area contributed by atoms with Gasteiger partial charge in [-0.25, -0.2) is 0 Å². The zero-order chi connectivity index (χ0) is 10.1. The zero-order valence-corrected chi connectivity index (χ0v) is 9.96. The Balaban J connectivity index is 3.20. The summed E-state index contributed by atoms with van der Waals surface area (Å²) in [6, 6.07) is 0. The molecule has 0 aromatic heterocycles. The molecule has 0 aromatic rings. The maximum absolute atomic E-state index is 5.32. The van der Waals surface area contributed by atoms with E-state index in [0.29, 0.717) is 13.2 Å². The summed E-state index contributed by atoms with van der Waals surface area (Å²) >= 11 is 6.48. The lowest BCUT2D eigenvalue weighted by atomic mass is 10.6. The molecule has 3 nitrogen and oxygen atoms in total. The van der Waals surface area contributed by atoms with E-state index in [1.807, 2.05) is 20.1 Å². The molecule has 1 N–H and O–H groups in total. The van der Waals surface area contributed by atoms with Gasteiger partial charge in [0.05, 0.1) is 6.61 Å². The Hall–Kier alpha value is 0.160. The van der Waals surface area contributed by atoms with E-state index < -0.39 is 0 Å². The molecular formula is C8H17NO2S2. The number of nitrogens with one attached hydrogen (secondary N) is 1. The van der Waals surface area contributed by atoms with Crippen LogP contribution >= 0.6 is 24.0 Å². The summed E-state index contributed by atoms with van der Waals surface area (Å²) in [7, 11) is 0. The van der Waals surface area contributed by atoms with Crippen LogP contribution in [0.1, 0.15) is 13.8 Å². The van der Waals surface area contributed by atoms with Gasteiger partial charge in [0.1, 0.15) is 4.32 Å². The van der Waals surface area contributed by atoms with E-state index in [1.54, 1.807) is 0 Å². The Bertz CT molecular complexity index is 144. The van der Waals surface area contributed by atoms with Crippen molar-refractivity contribution in [3.05, 3.63) is 0 Å². The van der Waals surface area contributed by atoms with Crippen LogP contribution in [-0.4, -0.2) is 36.6 Å². The summed E-state index contributed by atoms with van der Waals surface area (Å²) in [5, 5.41) is 3.04. The lowest BCUT2D eigenvalue weighted by Gasteiger charge is -2.13. The standard InChI is InChI=1S/C8H17NO2S2/c1-4-10-7(2)11-6-5-9-8(12)13-3/h7H,4-6H2,1-3H3,(H,9,12). The lowest BCUT2D eigenvalue weighted by molar-refractivity contribution is -0.125. The topological polar surface area (TPSA) is 30.5 Å². The van der Waals surface area contributed by atoms with E-state index >= 15 is 0 Å². The van der Waals surface area contributed by atoms with Gasteiger partial charge in [0, 0.05) is 13.2 Å². The molecule has 0 aliphatic heterocycles. The molecule has 78 valence electrons. The first-order valence-electron chi connectivity index (χ1n) is 4.25. The predicted molar refractivity (Wildman–Crippen MR) is 61.2 cm³/mol. The second kappa shape index (κ2) is 8.74. The fraction of sp³-hybridized carbons (Fsp3) is 0.875. The number of thiocarbonyl (C=S) groups is 1. The molecule has 0 saturated carbocycles. The third-order valence-corrected chi connectivity index (χ3v) is 2.47. The Morgan fingerprint density at radius 2 is 2.23 bits per heavy atom. The van der Waals surface area contributed by atoms with Crippen molar-refractivity contribution < 1.29 is 9.47 Å². The van der Waals surface area contributed by atoms with Crippen LogP contribution < -0.4 is 5.32 Å². The number of hydrogen-bond acceptors (Lipinski definition) is 4. The van der Waals surface area contributed by atoms with Gasteiger partial charge in [-0.3, -0.25) is 0 Å². The summed E-state index contributed by atoms with van der Waals surface area (Å²) in [5.74, 6) is 0. The predicted octanol–water partition coefficient (Wildman–Crippen LogP) is 1.62. The number of rotatable bonds is 6. The van der Waals surface area contributed by atoms with E-state index in [2.05, 4.69) is 5.32 Å². The normalized spacial score (nSPS) is 12.5. The summed E-state index contributed by atoms with van der Waals surface area (Å²) in [6.07, 6.45) is 1.81. The Morgan fingerprint density at radius 3 is 2.77 bits per heavy atom. The molecule has 5 heteroatoms. The SMILES string of the molecule is CCOC(C)OCCNC(=S)SC. The van der Waals surface area contributed by atoms with Crippen molar-refractivity contribution in [1.29, 1.82) is 0 Å². The molecule has 0 heterocycles. The monoisotopic (exact) mass is 223 g/mol. The van der Waals surface area contributed by atoms with Crippen molar-refractivity contribution in [2.24, 2.45) is 0 Å². The van der Waals surface area contributed by atoms with Crippen LogP contribution in [0.15, 0.2) is 0 Å². The van der Waals surface area contributed by atoms with E-state index in [1.165, 1.54) is 11.8 Å². The average molecular weight is 223 g/mol.